The van der Waals surface area contributed by atoms with Crippen molar-refractivity contribution in [2.75, 3.05) is 26.0 Å². The number of benzene rings is 2. The van der Waals surface area contributed by atoms with Gasteiger partial charge in [0.25, 0.3) is 5.91 Å². The molecule has 0 unspecified atom stereocenters. The second kappa shape index (κ2) is 10.4. The zero-order valence-corrected chi connectivity index (χ0v) is 19.4. The number of anilines is 1. The van der Waals surface area contributed by atoms with Crippen molar-refractivity contribution < 1.29 is 22.7 Å². The lowest BCUT2D eigenvalue weighted by atomic mass is 10.2. The molecule has 0 aliphatic rings. The third kappa shape index (κ3) is 6.51. The number of pyridine rings is 1. The van der Waals surface area contributed by atoms with Crippen molar-refractivity contribution in [2.45, 2.75) is 4.90 Å². The number of hydrogen-bond acceptors (Lipinski definition) is 6. The van der Waals surface area contributed by atoms with Gasteiger partial charge in [0.05, 0.1) is 23.3 Å². The standard InChI is InChI=1S/C22H21ClN4O5S/c1-27(2)33(30,31)19-5-3-4-15(12-19)22(29)25-14-20(28)26-17-8-11-21(24-13-17)32-18-9-6-16(23)7-10-18/h3-13H,14H2,1-2H3,(H,25,29)(H,26,28). The lowest BCUT2D eigenvalue weighted by molar-refractivity contribution is -0.115. The van der Waals surface area contributed by atoms with Crippen LogP contribution < -0.4 is 15.4 Å². The minimum atomic E-state index is -3.68. The summed E-state index contributed by atoms with van der Waals surface area (Å²) >= 11 is 5.84. The van der Waals surface area contributed by atoms with Crippen LogP contribution in [0.1, 0.15) is 10.4 Å². The van der Waals surface area contributed by atoms with Crippen molar-refractivity contribution in [2.24, 2.45) is 0 Å². The monoisotopic (exact) mass is 488 g/mol. The van der Waals surface area contributed by atoms with Gasteiger partial charge in [-0.15, -0.1) is 0 Å². The summed E-state index contributed by atoms with van der Waals surface area (Å²) in [7, 11) is -0.879. The number of nitrogens with one attached hydrogen (secondary N) is 2. The first-order chi connectivity index (χ1) is 15.6. The fourth-order valence-electron chi connectivity index (χ4n) is 2.61. The van der Waals surface area contributed by atoms with Crippen LogP contribution >= 0.6 is 11.6 Å². The quantitative estimate of drug-likeness (QED) is 0.503. The molecule has 2 aromatic carbocycles. The van der Waals surface area contributed by atoms with Gasteiger partial charge in [0.1, 0.15) is 5.75 Å². The summed E-state index contributed by atoms with van der Waals surface area (Å²) in [6, 6.07) is 15.6. The van der Waals surface area contributed by atoms with Crippen LogP contribution in [0.5, 0.6) is 11.6 Å². The van der Waals surface area contributed by atoms with Crippen LogP contribution in [0.2, 0.25) is 5.02 Å². The van der Waals surface area contributed by atoms with Crippen molar-refractivity contribution in [3.8, 4) is 11.6 Å². The van der Waals surface area contributed by atoms with Gasteiger partial charge in [-0.2, -0.15) is 0 Å². The highest BCUT2D eigenvalue weighted by atomic mass is 35.5. The Morgan fingerprint density at radius 1 is 1.06 bits per heavy atom. The maximum absolute atomic E-state index is 12.4. The van der Waals surface area contributed by atoms with E-state index in [1.165, 1.54) is 44.6 Å². The zero-order valence-electron chi connectivity index (χ0n) is 17.8. The van der Waals surface area contributed by atoms with E-state index >= 15 is 0 Å². The molecule has 0 aliphatic heterocycles. The minimum Gasteiger partial charge on any atom is -0.439 e. The molecule has 1 aromatic heterocycles. The molecule has 0 aliphatic carbocycles. The fraction of sp³-hybridized carbons (Fsp3) is 0.136. The summed E-state index contributed by atoms with van der Waals surface area (Å²) in [4.78, 5) is 28.6. The van der Waals surface area contributed by atoms with Crippen molar-refractivity contribution in [1.29, 1.82) is 0 Å². The molecule has 0 saturated heterocycles. The van der Waals surface area contributed by atoms with E-state index in [9.17, 15) is 18.0 Å². The summed E-state index contributed by atoms with van der Waals surface area (Å²) in [5, 5.41) is 5.66. The zero-order chi connectivity index (χ0) is 24.0. The van der Waals surface area contributed by atoms with Crippen LogP contribution in [-0.4, -0.2) is 50.2 Å². The number of carbonyl (C=O) groups excluding carboxylic acids is 2. The van der Waals surface area contributed by atoms with E-state index in [0.29, 0.717) is 22.3 Å². The maximum Gasteiger partial charge on any atom is 0.251 e. The summed E-state index contributed by atoms with van der Waals surface area (Å²) in [5.41, 5.74) is 0.535. The van der Waals surface area contributed by atoms with Crippen molar-refractivity contribution in [3.63, 3.8) is 0 Å². The average Bonchev–Trinajstić information content (AvgIpc) is 2.80. The van der Waals surface area contributed by atoms with Crippen LogP contribution in [0.4, 0.5) is 5.69 Å². The van der Waals surface area contributed by atoms with E-state index in [2.05, 4.69) is 15.6 Å². The van der Waals surface area contributed by atoms with Crippen LogP contribution in [-0.2, 0) is 14.8 Å². The number of rotatable bonds is 8. The molecule has 0 radical (unpaired) electrons. The summed E-state index contributed by atoms with van der Waals surface area (Å²) in [5.74, 6) is -0.163. The van der Waals surface area contributed by atoms with Crippen LogP contribution in [0.25, 0.3) is 0 Å². The van der Waals surface area contributed by atoms with Crippen molar-refractivity contribution in [3.05, 3.63) is 77.4 Å². The Morgan fingerprint density at radius 2 is 1.79 bits per heavy atom. The first kappa shape index (κ1) is 24.2. The Kier molecular flexibility index (Phi) is 7.64. The molecule has 9 nitrogen and oxygen atoms in total. The van der Waals surface area contributed by atoms with Gasteiger partial charge < -0.3 is 15.4 Å². The van der Waals surface area contributed by atoms with Crippen LogP contribution in [0, 0.1) is 0 Å². The SMILES string of the molecule is CN(C)S(=O)(=O)c1cccc(C(=O)NCC(=O)Nc2ccc(Oc3ccc(Cl)cc3)nc2)c1. The molecular formula is C22H21ClN4O5S. The van der Waals surface area contributed by atoms with E-state index in [0.717, 1.165) is 4.31 Å². The smallest absolute Gasteiger partial charge is 0.251 e. The third-order valence-electron chi connectivity index (χ3n) is 4.34. The number of hydrogen-bond donors (Lipinski definition) is 2. The van der Waals surface area contributed by atoms with Gasteiger partial charge in [-0.05, 0) is 48.5 Å². The van der Waals surface area contributed by atoms with Gasteiger partial charge in [0.2, 0.25) is 21.8 Å². The Balaban J connectivity index is 1.54. The van der Waals surface area contributed by atoms with Crippen molar-refractivity contribution in [1.82, 2.24) is 14.6 Å². The molecule has 2 amide bonds. The molecule has 0 fully saturated rings. The van der Waals surface area contributed by atoms with Gasteiger partial charge >= 0.3 is 0 Å². The first-order valence-corrected chi connectivity index (χ1v) is 11.5. The molecule has 1 heterocycles. The van der Waals surface area contributed by atoms with E-state index in [1.807, 2.05) is 0 Å². The molecule has 0 atom stereocenters. The Morgan fingerprint density at radius 3 is 2.42 bits per heavy atom. The minimum absolute atomic E-state index is 0.0171. The van der Waals surface area contributed by atoms with E-state index in [-0.39, 0.29) is 17.0 Å². The van der Waals surface area contributed by atoms with Crippen LogP contribution in [0.3, 0.4) is 0 Å². The number of amides is 2. The molecule has 2 N–H and O–H groups in total. The van der Waals surface area contributed by atoms with Crippen molar-refractivity contribution >= 4 is 39.1 Å². The normalized spacial score (nSPS) is 11.2. The van der Waals surface area contributed by atoms with Gasteiger partial charge in [-0.3, -0.25) is 9.59 Å². The fourth-order valence-corrected chi connectivity index (χ4v) is 3.69. The molecule has 0 spiro atoms. The number of carbonyl (C=O) groups is 2. The Bertz CT molecular complexity index is 1250. The third-order valence-corrected chi connectivity index (χ3v) is 6.40. The molecule has 172 valence electrons. The van der Waals surface area contributed by atoms with E-state index in [4.69, 9.17) is 16.3 Å². The average molecular weight is 489 g/mol. The highest BCUT2D eigenvalue weighted by Crippen LogP contribution is 2.22. The summed E-state index contributed by atoms with van der Waals surface area (Å²) in [6.45, 7) is -0.313. The largest absolute Gasteiger partial charge is 0.439 e. The Labute approximate surface area is 196 Å². The molecule has 11 heteroatoms. The van der Waals surface area contributed by atoms with E-state index < -0.39 is 21.8 Å². The molecule has 3 aromatic rings. The van der Waals surface area contributed by atoms with Gasteiger partial charge in [0.15, 0.2) is 0 Å². The second-order valence-corrected chi connectivity index (χ2v) is 9.58. The highest BCUT2D eigenvalue weighted by Gasteiger charge is 2.19. The molecular weight excluding hydrogens is 468 g/mol. The number of nitrogens with zero attached hydrogens (tertiary/aromatic N) is 2. The van der Waals surface area contributed by atoms with E-state index in [1.54, 1.807) is 36.4 Å². The van der Waals surface area contributed by atoms with Gasteiger partial charge in [-0.25, -0.2) is 17.7 Å². The summed E-state index contributed by atoms with van der Waals surface area (Å²) < 4.78 is 31.1. The van der Waals surface area contributed by atoms with Gasteiger partial charge in [-0.1, -0.05) is 17.7 Å². The summed E-state index contributed by atoms with van der Waals surface area (Å²) in [6.07, 6.45) is 1.42. The number of aromatic nitrogens is 1. The van der Waals surface area contributed by atoms with Gasteiger partial charge in [0, 0.05) is 30.7 Å². The molecule has 33 heavy (non-hydrogen) atoms. The number of halogens is 1. The first-order valence-electron chi connectivity index (χ1n) is 9.65. The highest BCUT2D eigenvalue weighted by molar-refractivity contribution is 7.89. The lowest BCUT2D eigenvalue weighted by Crippen LogP contribution is -2.33. The predicted octanol–water partition coefficient (Wildman–Crippen LogP) is 3.15. The Hall–Kier alpha value is -3.47. The predicted molar refractivity (Wildman–Crippen MR) is 124 cm³/mol. The maximum atomic E-state index is 12.4. The molecule has 0 saturated carbocycles. The lowest BCUT2D eigenvalue weighted by Gasteiger charge is -2.12. The molecule has 3 rings (SSSR count). The topological polar surface area (TPSA) is 118 Å². The second-order valence-electron chi connectivity index (χ2n) is 6.99. The molecule has 0 bridgehead atoms. The number of ether oxygens (including phenoxy) is 1. The number of sulfonamides is 1. The van der Waals surface area contributed by atoms with Crippen LogP contribution in [0.15, 0.2) is 71.8 Å².